The first-order valence-corrected chi connectivity index (χ1v) is 6.94. The van der Waals surface area contributed by atoms with Crippen LogP contribution in [-0.4, -0.2) is 36.7 Å². The maximum absolute atomic E-state index is 5.64. The molecular weight excluding hydrogens is 236 g/mol. The van der Waals surface area contributed by atoms with Crippen LogP contribution in [0.5, 0.6) is 5.75 Å². The number of methoxy groups -OCH3 is 1. The maximum Gasteiger partial charge on any atom is 0.146 e. The van der Waals surface area contributed by atoms with Crippen molar-refractivity contribution >= 4 is 10.9 Å². The van der Waals surface area contributed by atoms with Gasteiger partial charge in [0.25, 0.3) is 0 Å². The van der Waals surface area contributed by atoms with Crippen molar-refractivity contribution in [2.24, 2.45) is 0 Å². The largest absolute Gasteiger partial charge is 0.494 e. The fraction of sp³-hybridized carbons (Fsp3) is 0.500. The van der Waals surface area contributed by atoms with Gasteiger partial charge < -0.3 is 14.2 Å². The van der Waals surface area contributed by atoms with Gasteiger partial charge in [-0.1, -0.05) is 12.1 Å². The Morgan fingerprint density at radius 3 is 2.58 bits per heavy atom. The summed E-state index contributed by atoms with van der Waals surface area (Å²) < 4.78 is 8.05. The van der Waals surface area contributed by atoms with E-state index in [4.69, 9.17) is 4.74 Å². The van der Waals surface area contributed by atoms with Gasteiger partial charge in [0, 0.05) is 23.7 Å². The van der Waals surface area contributed by atoms with Gasteiger partial charge in [0.15, 0.2) is 0 Å². The summed E-state index contributed by atoms with van der Waals surface area (Å²) in [5.41, 5.74) is 2.45. The first-order chi connectivity index (χ1) is 9.13. The van der Waals surface area contributed by atoms with E-state index in [2.05, 4.69) is 54.9 Å². The van der Waals surface area contributed by atoms with Gasteiger partial charge in [-0.3, -0.25) is 0 Å². The Morgan fingerprint density at radius 1 is 1.21 bits per heavy atom. The molecule has 1 aliphatic rings. The molecule has 1 aromatic carbocycles. The summed E-state index contributed by atoms with van der Waals surface area (Å²) in [7, 11) is 6.11. The van der Waals surface area contributed by atoms with Crippen LogP contribution in [0.4, 0.5) is 0 Å². The van der Waals surface area contributed by atoms with Crippen LogP contribution in [0.3, 0.4) is 0 Å². The minimum absolute atomic E-state index is 0.572. The van der Waals surface area contributed by atoms with Gasteiger partial charge in [-0.25, -0.2) is 0 Å². The number of ether oxygens (including phenoxy) is 1. The van der Waals surface area contributed by atoms with Crippen molar-refractivity contribution in [2.75, 3.05) is 21.2 Å². The van der Waals surface area contributed by atoms with Crippen LogP contribution in [-0.2, 0) is 0 Å². The van der Waals surface area contributed by atoms with Crippen molar-refractivity contribution in [3.8, 4) is 5.75 Å². The third-order valence-corrected chi connectivity index (χ3v) is 4.46. The van der Waals surface area contributed by atoms with Crippen LogP contribution in [0, 0.1) is 6.92 Å². The van der Waals surface area contributed by atoms with Crippen LogP contribution in [0.15, 0.2) is 24.4 Å². The number of aromatic nitrogens is 1. The number of rotatable bonds is 3. The summed E-state index contributed by atoms with van der Waals surface area (Å²) >= 11 is 0. The molecule has 0 aliphatic heterocycles. The van der Waals surface area contributed by atoms with Gasteiger partial charge in [0.1, 0.15) is 5.75 Å². The summed E-state index contributed by atoms with van der Waals surface area (Å²) in [5.74, 6) is 1.02. The van der Waals surface area contributed by atoms with Crippen LogP contribution in [0.25, 0.3) is 10.9 Å². The first-order valence-electron chi connectivity index (χ1n) is 6.94. The molecule has 1 fully saturated rings. The zero-order valence-corrected chi connectivity index (χ0v) is 12.2. The molecule has 0 radical (unpaired) electrons. The van der Waals surface area contributed by atoms with E-state index in [-0.39, 0.29) is 0 Å². The Labute approximate surface area is 114 Å². The predicted molar refractivity (Wildman–Crippen MR) is 79.0 cm³/mol. The zero-order valence-electron chi connectivity index (χ0n) is 12.2. The molecule has 1 aromatic heterocycles. The third kappa shape index (κ3) is 1.84. The molecule has 0 N–H and O–H groups in total. The van der Waals surface area contributed by atoms with E-state index in [1.807, 2.05) is 0 Å². The molecule has 3 nitrogen and oxygen atoms in total. The van der Waals surface area contributed by atoms with Crippen molar-refractivity contribution in [3.05, 3.63) is 30.0 Å². The van der Waals surface area contributed by atoms with Gasteiger partial charge in [-0.15, -0.1) is 0 Å². The van der Waals surface area contributed by atoms with E-state index in [9.17, 15) is 0 Å². The molecule has 1 aliphatic carbocycles. The molecule has 2 aromatic rings. The maximum atomic E-state index is 5.64. The Balaban J connectivity index is 2.12. The van der Waals surface area contributed by atoms with Gasteiger partial charge in [0.2, 0.25) is 0 Å². The molecule has 102 valence electrons. The lowest BCUT2D eigenvalue weighted by molar-refractivity contribution is 0.116. The van der Waals surface area contributed by atoms with E-state index in [1.54, 1.807) is 7.11 Å². The van der Waals surface area contributed by atoms with Crippen molar-refractivity contribution in [3.63, 3.8) is 0 Å². The van der Waals surface area contributed by atoms with Crippen LogP contribution >= 0.6 is 0 Å². The number of fused-ring (bicyclic) bond motifs is 1. The highest BCUT2D eigenvalue weighted by molar-refractivity contribution is 5.87. The molecule has 3 heteroatoms. The Morgan fingerprint density at radius 2 is 2.00 bits per heavy atom. The number of nitrogens with zero attached hydrogens (tertiary/aromatic N) is 2. The Kier molecular flexibility index (Phi) is 3.02. The zero-order chi connectivity index (χ0) is 13.6. The minimum Gasteiger partial charge on any atom is -0.494 e. The third-order valence-electron chi connectivity index (χ3n) is 4.46. The highest BCUT2D eigenvalue weighted by Gasteiger charge is 2.34. The van der Waals surface area contributed by atoms with Crippen molar-refractivity contribution in [1.82, 2.24) is 9.47 Å². The number of benzene rings is 1. The Bertz CT molecular complexity index is 600. The Hall–Kier alpha value is -1.48. The first kappa shape index (κ1) is 12.5. The summed E-state index contributed by atoms with van der Waals surface area (Å²) in [4.78, 5) is 2.34. The molecule has 3 rings (SSSR count). The van der Waals surface area contributed by atoms with Gasteiger partial charge in [0.05, 0.1) is 12.6 Å². The number of likely N-dealkylation sites (N-methyl/N-ethyl adjacent to an activating group) is 1. The van der Waals surface area contributed by atoms with E-state index in [1.165, 1.54) is 29.3 Å². The second-order valence-electron chi connectivity index (χ2n) is 5.75. The molecule has 2 atom stereocenters. The van der Waals surface area contributed by atoms with Crippen LogP contribution < -0.4 is 4.74 Å². The van der Waals surface area contributed by atoms with E-state index in [0.717, 1.165) is 5.75 Å². The van der Waals surface area contributed by atoms with Crippen molar-refractivity contribution in [1.29, 1.82) is 0 Å². The topological polar surface area (TPSA) is 17.4 Å². The number of aryl methyl sites for hydroxylation is 1. The number of hydrogen-bond acceptors (Lipinski definition) is 2. The predicted octanol–water partition coefficient (Wildman–Crippen LogP) is 3.22. The van der Waals surface area contributed by atoms with E-state index >= 15 is 0 Å². The standard InChI is InChI=1S/C16H22N2O/c1-11-5-6-12-9-10-18(15(12)16(11)19-4)14-8-7-13(14)17(2)3/h5-6,9-10,13-14H,7-8H2,1-4H3. The summed E-state index contributed by atoms with van der Waals surface area (Å²) in [6.07, 6.45) is 4.75. The van der Waals surface area contributed by atoms with Gasteiger partial charge in [-0.2, -0.15) is 0 Å². The molecule has 0 amide bonds. The summed E-state index contributed by atoms with van der Waals surface area (Å²) in [6, 6.07) is 7.73. The molecule has 19 heavy (non-hydrogen) atoms. The van der Waals surface area contributed by atoms with Crippen LogP contribution in [0.2, 0.25) is 0 Å². The summed E-state index contributed by atoms with van der Waals surface area (Å²) in [5, 5.41) is 1.27. The molecule has 1 saturated carbocycles. The summed E-state index contributed by atoms with van der Waals surface area (Å²) in [6.45, 7) is 2.11. The lowest BCUT2D eigenvalue weighted by Crippen LogP contribution is -2.44. The highest BCUT2D eigenvalue weighted by Crippen LogP contribution is 2.40. The van der Waals surface area contributed by atoms with E-state index < -0.39 is 0 Å². The SMILES string of the molecule is COc1c(C)ccc2ccn(C3CCC3N(C)C)c12. The fourth-order valence-corrected chi connectivity index (χ4v) is 3.25. The normalized spacial score (nSPS) is 22.8. The second-order valence-corrected chi connectivity index (χ2v) is 5.75. The molecule has 0 saturated heterocycles. The van der Waals surface area contributed by atoms with E-state index in [0.29, 0.717) is 12.1 Å². The molecule has 0 bridgehead atoms. The van der Waals surface area contributed by atoms with Gasteiger partial charge in [-0.05, 0) is 45.5 Å². The molecular formula is C16H22N2O. The average molecular weight is 258 g/mol. The minimum atomic E-state index is 0.572. The number of hydrogen-bond donors (Lipinski definition) is 0. The lowest BCUT2D eigenvalue weighted by Gasteiger charge is -2.42. The van der Waals surface area contributed by atoms with Crippen molar-refractivity contribution < 1.29 is 4.74 Å². The average Bonchev–Trinajstić information content (AvgIpc) is 2.71. The lowest BCUT2D eigenvalue weighted by atomic mass is 9.85. The highest BCUT2D eigenvalue weighted by atomic mass is 16.5. The molecule has 2 unspecified atom stereocenters. The van der Waals surface area contributed by atoms with Crippen LogP contribution in [0.1, 0.15) is 24.4 Å². The fourth-order valence-electron chi connectivity index (χ4n) is 3.25. The monoisotopic (exact) mass is 258 g/mol. The molecule has 0 spiro atoms. The quantitative estimate of drug-likeness (QED) is 0.841. The van der Waals surface area contributed by atoms with Crippen molar-refractivity contribution in [2.45, 2.75) is 31.8 Å². The molecule has 1 heterocycles. The van der Waals surface area contributed by atoms with Gasteiger partial charge >= 0.3 is 0 Å². The second kappa shape index (κ2) is 4.57. The smallest absolute Gasteiger partial charge is 0.146 e.